The minimum Gasteiger partial charge on any atom is -0.341 e. The first-order chi connectivity index (χ1) is 12.1. The summed E-state index contributed by atoms with van der Waals surface area (Å²) in [4.78, 5) is 25.8. The van der Waals surface area contributed by atoms with Gasteiger partial charge in [0.25, 0.3) is 0 Å². The van der Waals surface area contributed by atoms with Crippen molar-refractivity contribution in [1.82, 2.24) is 15.7 Å². The number of likely N-dealkylation sites (N-methyl/N-ethyl adjacent to an activating group) is 1. The highest BCUT2D eigenvalue weighted by Crippen LogP contribution is 2.23. The quantitative estimate of drug-likeness (QED) is 0.494. The molecular formula is C19H29N3O3. The first kappa shape index (κ1) is 19.4. The van der Waals surface area contributed by atoms with Crippen LogP contribution in [0.25, 0.3) is 0 Å². The van der Waals surface area contributed by atoms with E-state index in [0.29, 0.717) is 18.8 Å². The number of likely N-dealkylation sites (tertiary alicyclic amines) is 1. The first-order valence-electron chi connectivity index (χ1n) is 9.07. The number of hydrogen-bond acceptors (Lipinski definition) is 4. The third kappa shape index (κ3) is 6.14. The van der Waals surface area contributed by atoms with Gasteiger partial charge in [0.2, 0.25) is 11.8 Å². The Hall–Kier alpha value is -1.92. The zero-order valence-corrected chi connectivity index (χ0v) is 14.9. The predicted molar refractivity (Wildman–Crippen MR) is 96.1 cm³/mol. The second-order valence-electron chi connectivity index (χ2n) is 6.73. The summed E-state index contributed by atoms with van der Waals surface area (Å²) in [5.74, 6) is 0.396. The Morgan fingerprint density at radius 3 is 2.52 bits per heavy atom. The van der Waals surface area contributed by atoms with Gasteiger partial charge in [-0.25, -0.2) is 5.48 Å². The number of piperidine rings is 1. The fourth-order valence-electron chi connectivity index (χ4n) is 3.43. The molecule has 0 aromatic heterocycles. The number of benzene rings is 1. The van der Waals surface area contributed by atoms with E-state index in [9.17, 15) is 9.59 Å². The van der Waals surface area contributed by atoms with Crippen LogP contribution in [0.15, 0.2) is 30.3 Å². The van der Waals surface area contributed by atoms with Gasteiger partial charge in [0.1, 0.15) is 0 Å². The molecule has 138 valence electrons. The highest BCUT2D eigenvalue weighted by atomic mass is 16.5. The van der Waals surface area contributed by atoms with Crippen LogP contribution in [0.3, 0.4) is 0 Å². The molecule has 3 N–H and O–H groups in total. The smallest absolute Gasteiger partial charge is 0.243 e. The van der Waals surface area contributed by atoms with Gasteiger partial charge in [0.15, 0.2) is 0 Å². The molecule has 0 radical (unpaired) electrons. The fourth-order valence-corrected chi connectivity index (χ4v) is 3.43. The maximum atomic E-state index is 12.8. The molecule has 0 bridgehead atoms. The third-order valence-electron chi connectivity index (χ3n) is 5.00. The largest absolute Gasteiger partial charge is 0.341 e. The molecule has 1 fully saturated rings. The summed E-state index contributed by atoms with van der Waals surface area (Å²) in [6.45, 7) is 1.56. The molecule has 1 aromatic rings. The van der Waals surface area contributed by atoms with E-state index < -0.39 is 0 Å². The summed E-state index contributed by atoms with van der Waals surface area (Å²) in [5, 5.41) is 11.7. The number of hydrogen-bond donors (Lipinski definition) is 3. The lowest BCUT2D eigenvalue weighted by atomic mass is 9.91. The van der Waals surface area contributed by atoms with E-state index in [4.69, 9.17) is 5.21 Å². The van der Waals surface area contributed by atoms with Crippen LogP contribution in [0.2, 0.25) is 0 Å². The Labute approximate surface area is 149 Å². The average Bonchev–Trinajstić information content (AvgIpc) is 2.66. The standard InChI is InChI=1S/C19H29N3O3/c1-20-17(14-16-6-3-2-4-7-16)19(24)22-12-10-15(11-13-22)8-5-9-18(23)21-25/h2-4,6-7,15,17,20,25H,5,8-14H2,1H3,(H,21,23). The average molecular weight is 347 g/mol. The molecule has 1 heterocycles. The van der Waals surface area contributed by atoms with Gasteiger partial charge in [-0.2, -0.15) is 0 Å². The van der Waals surface area contributed by atoms with Crippen LogP contribution in [0.1, 0.15) is 37.7 Å². The highest BCUT2D eigenvalue weighted by molar-refractivity contribution is 5.82. The maximum Gasteiger partial charge on any atom is 0.243 e. The van der Waals surface area contributed by atoms with Crippen LogP contribution >= 0.6 is 0 Å². The van der Waals surface area contributed by atoms with E-state index in [1.165, 1.54) is 0 Å². The van der Waals surface area contributed by atoms with Crippen LogP contribution < -0.4 is 10.8 Å². The van der Waals surface area contributed by atoms with Crippen molar-refractivity contribution in [3.8, 4) is 0 Å². The number of nitrogens with one attached hydrogen (secondary N) is 2. The molecule has 6 nitrogen and oxygen atoms in total. The monoisotopic (exact) mass is 347 g/mol. The fraction of sp³-hybridized carbons (Fsp3) is 0.579. The lowest BCUT2D eigenvalue weighted by Gasteiger charge is -2.34. The number of carbonyl (C=O) groups is 2. The van der Waals surface area contributed by atoms with Gasteiger partial charge in [-0.15, -0.1) is 0 Å². The summed E-state index contributed by atoms with van der Waals surface area (Å²) in [6, 6.07) is 9.88. The van der Waals surface area contributed by atoms with Crippen molar-refractivity contribution in [3.63, 3.8) is 0 Å². The van der Waals surface area contributed by atoms with Gasteiger partial charge < -0.3 is 10.2 Å². The molecule has 1 unspecified atom stereocenters. The predicted octanol–water partition coefficient (Wildman–Crippen LogP) is 1.73. The molecule has 0 saturated carbocycles. The van der Waals surface area contributed by atoms with Crippen LogP contribution in [0.5, 0.6) is 0 Å². The Bertz CT molecular complexity index is 542. The van der Waals surface area contributed by atoms with Crippen LogP contribution in [-0.4, -0.2) is 48.1 Å². The Morgan fingerprint density at radius 1 is 1.24 bits per heavy atom. The number of carbonyl (C=O) groups excluding carboxylic acids is 2. The van der Waals surface area contributed by atoms with Crippen molar-refractivity contribution >= 4 is 11.8 Å². The van der Waals surface area contributed by atoms with E-state index in [2.05, 4.69) is 5.32 Å². The van der Waals surface area contributed by atoms with E-state index in [1.54, 1.807) is 5.48 Å². The number of amides is 2. The lowest BCUT2D eigenvalue weighted by Crippen LogP contribution is -2.49. The second kappa shape index (κ2) is 10.2. The molecule has 1 saturated heterocycles. The van der Waals surface area contributed by atoms with Gasteiger partial charge in [-0.05, 0) is 50.6 Å². The Kier molecular flexibility index (Phi) is 7.88. The summed E-state index contributed by atoms with van der Waals surface area (Å²) < 4.78 is 0. The summed E-state index contributed by atoms with van der Waals surface area (Å²) in [7, 11) is 1.84. The minimum atomic E-state index is -0.328. The van der Waals surface area contributed by atoms with Gasteiger partial charge >= 0.3 is 0 Å². The zero-order valence-electron chi connectivity index (χ0n) is 14.9. The van der Waals surface area contributed by atoms with Crippen LogP contribution in [-0.2, 0) is 16.0 Å². The molecule has 0 aliphatic carbocycles. The van der Waals surface area contributed by atoms with Gasteiger partial charge in [0, 0.05) is 19.5 Å². The van der Waals surface area contributed by atoms with E-state index in [1.807, 2.05) is 42.3 Å². The molecule has 25 heavy (non-hydrogen) atoms. The van der Waals surface area contributed by atoms with Gasteiger partial charge in [0.05, 0.1) is 6.04 Å². The molecule has 1 aliphatic heterocycles. The summed E-state index contributed by atoms with van der Waals surface area (Å²) >= 11 is 0. The maximum absolute atomic E-state index is 12.8. The zero-order chi connectivity index (χ0) is 18.1. The van der Waals surface area contributed by atoms with Crippen molar-refractivity contribution in [2.45, 2.75) is 44.6 Å². The SMILES string of the molecule is CNC(Cc1ccccc1)C(=O)N1CCC(CCCC(=O)NO)CC1. The lowest BCUT2D eigenvalue weighted by molar-refractivity contribution is -0.134. The number of hydroxylamine groups is 1. The van der Waals surface area contributed by atoms with Crippen molar-refractivity contribution < 1.29 is 14.8 Å². The summed E-state index contributed by atoms with van der Waals surface area (Å²) in [6.07, 6.45) is 4.76. The van der Waals surface area contributed by atoms with Gasteiger partial charge in [-0.3, -0.25) is 14.8 Å². The second-order valence-corrected chi connectivity index (χ2v) is 6.73. The molecule has 2 rings (SSSR count). The van der Waals surface area contributed by atoms with Gasteiger partial charge in [-0.1, -0.05) is 30.3 Å². The first-order valence-corrected chi connectivity index (χ1v) is 9.07. The molecular weight excluding hydrogens is 318 g/mol. The van der Waals surface area contributed by atoms with Crippen LogP contribution in [0, 0.1) is 5.92 Å². The van der Waals surface area contributed by atoms with Crippen molar-refractivity contribution in [2.75, 3.05) is 20.1 Å². The Morgan fingerprint density at radius 2 is 1.92 bits per heavy atom. The van der Waals surface area contributed by atoms with Crippen molar-refractivity contribution in [1.29, 1.82) is 0 Å². The Balaban J connectivity index is 1.76. The van der Waals surface area contributed by atoms with E-state index in [-0.39, 0.29) is 17.9 Å². The molecule has 1 aromatic carbocycles. The van der Waals surface area contributed by atoms with E-state index >= 15 is 0 Å². The third-order valence-corrected chi connectivity index (χ3v) is 5.00. The van der Waals surface area contributed by atoms with Crippen LogP contribution in [0.4, 0.5) is 0 Å². The highest BCUT2D eigenvalue weighted by Gasteiger charge is 2.27. The number of rotatable bonds is 8. The molecule has 1 aliphatic rings. The summed E-state index contributed by atoms with van der Waals surface area (Å²) in [5.41, 5.74) is 2.82. The molecule has 1 atom stereocenters. The normalized spacial score (nSPS) is 16.5. The molecule has 6 heteroatoms. The van der Waals surface area contributed by atoms with E-state index in [0.717, 1.165) is 44.3 Å². The molecule has 2 amide bonds. The topological polar surface area (TPSA) is 81.7 Å². The van der Waals surface area contributed by atoms with Crippen molar-refractivity contribution in [3.05, 3.63) is 35.9 Å². The van der Waals surface area contributed by atoms with Crippen molar-refractivity contribution in [2.24, 2.45) is 5.92 Å². The molecule has 0 spiro atoms. The number of nitrogens with zero attached hydrogens (tertiary/aromatic N) is 1. The minimum absolute atomic E-state index is 0.171.